The standard InChI is InChI=1S/2C17H24N4O10S2.2K/c2*18-12(9-32(26,27)28)15(23)21-13(10-33(29,30)31)16(24)19-6-7-20-17(25)14(22)8-11-4-2-1-3-5-11;;/h2*1-5,12-13H,6-10,18H2,(H,19,24)(H,20,25)(H,21,23)(H,26,27,28)(H,29,30,31);;/q;;2*+1/p-2/t2*12-,13-;;/m00../s1. The summed E-state index contributed by atoms with van der Waals surface area (Å²) in [5.41, 5.74) is 11.8. The second kappa shape index (κ2) is 32.4. The molecule has 368 valence electrons. The van der Waals surface area contributed by atoms with E-state index in [1.807, 2.05) is 10.6 Å². The first-order valence-electron chi connectivity index (χ1n) is 18.5. The van der Waals surface area contributed by atoms with Gasteiger partial charge in [-0.25, -0.2) is 16.8 Å². The van der Waals surface area contributed by atoms with Crippen LogP contribution in [-0.4, -0.2) is 172 Å². The Morgan fingerprint density at radius 1 is 0.471 bits per heavy atom. The third kappa shape index (κ3) is 32.3. The molecule has 2 aromatic rings. The largest absolute Gasteiger partial charge is 1.00 e. The minimum Gasteiger partial charge on any atom is -0.748 e. The zero-order valence-corrected chi connectivity index (χ0v) is 45.7. The van der Waals surface area contributed by atoms with Gasteiger partial charge in [-0.05, 0) is 11.1 Å². The number of carbonyl (C=O) groups excluding carboxylic acids is 8. The van der Waals surface area contributed by atoms with Crippen LogP contribution in [0.5, 0.6) is 0 Å². The summed E-state index contributed by atoms with van der Waals surface area (Å²) in [5.74, 6) is -13.4. The van der Waals surface area contributed by atoms with Crippen LogP contribution in [-0.2, 0) is 91.7 Å². The molecule has 0 saturated heterocycles. The van der Waals surface area contributed by atoms with Gasteiger partial charge in [-0.1, -0.05) is 60.7 Å². The normalized spacial score (nSPS) is 13.0. The summed E-state index contributed by atoms with van der Waals surface area (Å²) in [7, 11) is -19.3. The predicted molar refractivity (Wildman–Crippen MR) is 224 cm³/mol. The third-order valence-electron chi connectivity index (χ3n) is 7.80. The smallest absolute Gasteiger partial charge is 0.748 e. The van der Waals surface area contributed by atoms with Crippen molar-refractivity contribution in [2.75, 3.05) is 49.2 Å². The fourth-order valence-electron chi connectivity index (χ4n) is 4.83. The van der Waals surface area contributed by atoms with E-state index in [-0.39, 0.29) is 142 Å². The van der Waals surface area contributed by atoms with Gasteiger partial charge in [0.15, 0.2) is 0 Å². The van der Waals surface area contributed by atoms with Crippen LogP contribution in [0.15, 0.2) is 60.7 Å². The average Bonchev–Trinajstić information content (AvgIpc) is 3.18. The molecule has 0 radical (unpaired) electrons. The van der Waals surface area contributed by atoms with Gasteiger partial charge in [-0.15, -0.1) is 0 Å². The van der Waals surface area contributed by atoms with Crippen molar-refractivity contribution in [1.29, 1.82) is 0 Å². The number of ketones is 2. The number of hydrogen-bond donors (Lipinski definition) is 10. The zero-order chi connectivity index (χ0) is 50.5. The van der Waals surface area contributed by atoms with Crippen molar-refractivity contribution < 1.29 is 193 Å². The van der Waals surface area contributed by atoms with E-state index in [9.17, 15) is 81.1 Å². The summed E-state index contributed by atoms with van der Waals surface area (Å²) < 4.78 is 127. The second-order valence-electron chi connectivity index (χ2n) is 13.5. The number of nitrogens with one attached hydrogen (secondary N) is 6. The molecule has 2 aromatic carbocycles. The number of hydrogen-bond acceptors (Lipinski definition) is 20. The van der Waals surface area contributed by atoms with Gasteiger partial charge in [0.2, 0.25) is 35.2 Å². The van der Waals surface area contributed by atoms with E-state index in [4.69, 9.17) is 20.6 Å². The van der Waals surface area contributed by atoms with Crippen LogP contribution in [0.25, 0.3) is 0 Å². The van der Waals surface area contributed by atoms with Crippen molar-refractivity contribution in [2.45, 2.75) is 37.0 Å². The molecule has 0 spiro atoms. The molecular weight excluding hydrogens is 1050 g/mol. The minimum atomic E-state index is -5.01. The number of rotatable bonds is 26. The molecule has 0 aromatic heterocycles. The molecule has 2 rings (SSSR count). The van der Waals surface area contributed by atoms with Gasteiger partial charge in [0.05, 0.1) is 43.2 Å². The number of amides is 6. The maximum absolute atomic E-state index is 12.2. The Kier molecular flexibility index (Phi) is 32.2. The number of Topliss-reactive ketones (excluding diaryl/α,β-unsaturated/α-hetero) is 2. The van der Waals surface area contributed by atoms with Crippen molar-refractivity contribution in [1.82, 2.24) is 31.9 Å². The Balaban J connectivity index is 0. The molecular formula is C34H46K2N8O20S4. The molecule has 0 fully saturated rings. The molecule has 68 heavy (non-hydrogen) atoms. The van der Waals surface area contributed by atoms with Crippen LogP contribution in [0.4, 0.5) is 0 Å². The molecule has 0 aliphatic carbocycles. The number of benzene rings is 2. The summed E-state index contributed by atoms with van der Waals surface area (Å²) in [4.78, 5) is 95.5. The van der Waals surface area contributed by atoms with Crippen molar-refractivity contribution in [3.8, 4) is 0 Å². The van der Waals surface area contributed by atoms with E-state index < -0.39 is 135 Å². The summed E-state index contributed by atoms with van der Waals surface area (Å²) in [6, 6.07) is 9.36. The fraction of sp³-hybridized carbons (Fsp3) is 0.412. The summed E-state index contributed by atoms with van der Waals surface area (Å²) in [5, 5.41) is 12.4. The molecule has 34 heteroatoms. The fourth-order valence-corrected chi connectivity index (χ4v) is 7.32. The van der Waals surface area contributed by atoms with E-state index in [1.54, 1.807) is 60.7 Å². The van der Waals surface area contributed by atoms with Crippen LogP contribution < -0.4 is 146 Å². The van der Waals surface area contributed by atoms with E-state index in [2.05, 4.69) is 21.3 Å². The molecule has 0 aliphatic rings. The third-order valence-corrected chi connectivity index (χ3v) is 10.8. The first kappa shape index (κ1) is 67.5. The molecule has 28 nitrogen and oxygen atoms in total. The van der Waals surface area contributed by atoms with Crippen LogP contribution in [0.1, 0.15) is 11.1 Å². The topological polar surface area (TPSA) is 484 Å². The van der Waals surface area contributed by atoms with Crippen LogP contribution in [0, 0.1) is 0 Å². The first-order chi connectivity index (χ1) is 30.4. The molecule has 0 saturated carbocycles. The maximum Gasteiger partial charge on any atom is 1.00 e. The Labute approximate surface area is 475 Å². The molecule has 0 heterocycles. The van der Waals surface area contributed by atoms with Gasteiger partial charge >= 0.3 is 103 Å². The monoisotopic (exact) mass is 1090 g/mol. The molecule has 4 atom stereocenters. The van der Waals surface area contributed by atoms with Crippen LogP contribution in [0.3, 0.4) is 0 Å². The van der Waals surface area contributed by atoms with Gasteiger partial charge in [0.1, 0.15) is 24.2 Å². The summed E-state index contributed by atoms with van der Waals surface area (Å²) >= 11 is 0. The van der Waals surface area contributed by atoms with E-state index in [0.717, 1.165) is 0 Å². The molecule has 0 unspecified atom stereocenters. The minimum absolute atomic E-state index is 0. The van der Waals surface area contributed by atoms with Crippen LogP contribution in [0.2, 0.25) is 0 Å². The Morgan fingerprint density at radius 2 is 0.750 bits per heavy atom. The Bertz CT molecular complexity index is 2340. The molecule has 12 N–H and O–H groups in total. The van der Waals surface area contributed by atoms with Crippen molar-refractivity contribution in [3.05, 3.63) is 71.8 Å². The zero-order valence-electron chi connectivity index (χ0n) is 36.2. The SMILES string of the molecule is N[C@@H](CS(=O)(=O)O)C(=O)N[C@@H](CS(=O)(=O)[O-])C(=O)NCCNC(=O)C(=O)Cc1ccccc1.N[C@@H](CS(=O)(=O)O)C(=O)N[C@@H](CS(=O)(=O)[O-])C(=O)NCCNC(=O)C(=O)Cc1ccccc1.[K+].[K+]. The van der Waals surface area contributed by atoms with E-state index in [0.29, 0.717) is 11.1 Å². The maximum atomic E-state index is 12.2. The van der Waals surface area contributed by atoms with Crippen molar-refractivity contribution in [2.24, 2.45) is 11.5 Å². The van der Waals surface area contributed by atoms with Gasteiger partial charge in [0, 0.05) is 39.0 Å². The number of nitrogens with two attached hydrogens (primary N) is 2. The van der Waals surface area contributed by atoms with Gasteiger partial charge < -0.3 is 52.5 Å². The van der Waals surface area contributed by atoms with Gasteiger partial charge in [0.25, 0.3) is 32.1 Å². The number of carbonyl (C=O) groups is 8. The van der Waals surface area contributed by atoms with E-state index in [1.165, 1.54) is 0 Å². The molecule has 0 bridgehead atoms. The van der Waals surface area contributed by atoms with E-state index >= 15 is 0 Å². The average molecular weight is 1090 g/mol. The van der Waals surface area contributed by atoms with Gasteiger partial charge in [-0.2, -0.15) is 16.8 Å². The molecule has 6 amide bonds. The second-order valence-corrected chi connectivity index (χ2v) is 19.4. The van der Waals surface area contributed by atoms with Gasteiger partial charge in [-0.3, -0.25) is 47.5 Å². The predicted octanol–water partition coefficient (Wildman–Crippen LogP) is -13.4. The quantitative estimate of drug-likeness (QED) is 0.0181. The summed E-state index contributed by atoms with van der Waals surface area (Å²) in [6.45, 7) is -1.08. The summed E-state index contributed by atoms with van der Waals surface area (Å²) in [6.07, 6.45) is -0.281. The Morgan fingerprint density at radius 3 is 1.01 bits per heavy atom. The first-order valence-corrected chi connectivity index (χ1v) is 24.9. The van der Waals surface area contributed by atoms with Crippen molar-refractivity contribution in [3.63, 3.8) is 0 Å². The molecule has 0 aliphatic heterocycles. The van der Waals surface area contributed by atoms with Crippen LogP contribution >= 0.6 is 0 Å². The Hall–Kier alpha value is -2.57. The van der Waals surface area contributed by atoms with Crippen molar-refractivity contribution >= 4 is 87.5 Å².